The molecule has 0 aliphatic carbocycles. The molecule has 3 aromatic rings. The molecule has 4 rings (SSSR count). The standard InChI is InChI=1S/C26H34N4O2/c1-6-20(31)15-30-11-9-18(10-12-30)19-7-8-22-21(14-19)24(16(2)3)25(27-22)23-13-17(4)26(32)29(5)28-23/h7-8,13-14,16,18,27H,6,9-12,15H2,1-5H3. The van der Waals surface area contributed by atoms with Crippen LogP contribution in [-0.2, 0) is 11.8 Å². The number of rotatable bonds is 6. The van der Waals surface area contributed by atoms with Gasteiger partial charge in [0.15, 0.2) is 0 Å². The second kappa shape index (κ2) is 9.02. The highest BCUT2D eigenvalue weighted by Crippen LogP contribution is 2.37. The molecule has 3 heterocycles. The number of benzene rings is 1. The maximum atomic E-state index is 12.1. The van der Waals surface area contributed by atoms with Gasteiger partial charge in [0.1, 0.15) is 11.5 Å². The fourth-order valence-electron chi connectivity index (χ4n) is 4.95. The van der Waals surface area contributed by atoms with E-state index in [9.17, 15) is 9.59 Å². The fourth-order valence-corrected chi connectivity index (χ4v) is 4.95. The summed E-state index contributed by atoms with van der Waals surface area (Å²) in [6.07, 6.45) is 2.78. The van der Waals surface area contributed by atoms with Crippen LogP contribution in [0.2, 0.25) is 0 Å². The predicted molar refractivity (Wildman–Crippen MR) is 129 cm³/mol. The van der Waals surface area contributed by atoms with Crippen LogP contribution in [0.15, 0.2) is 29.1 Å². The van der Waals surface area contributed by atoms with E-state index < -0.39 is 0 Å². The molecule has 170 valence electrons. The smallest absolute Gasteiger partial charge is 0.269 e. The summed E-state index contributed by atoms with van der Waals surface area (Å²) >= 11 is 0. The van der Waals surface area contributed by atoms with E-state index in [4.69, 9.17) is 0 Å². The third-order valence-electron chi connectivity index (χ3n) is 6.79. The molecule has 6 nitrogen and oxygen atoms in total. The highest BCUT2D eigenvalue weighted by Gasteiger charge is 2.24. The van der Waals surface area contributed by atoms with Crippen LogP contribution in [-0.4, -0.2) is 45.1 Å². The maximum absolute atomic E-state index is 12.1. The number of ketones is 1. The Hall–Kier alpha value is -2.73. The van der Waals surface area contributed by atoms with Crippen LogP contribution in [0.4, 0.5) is 0 Å². The number of carbonyl (C=O) groups is 1. The van der Waals surface area contributed by atoms with Crippen molar-refractivity contribution in [3.8, 4) is 11.4 Å². The molecule has 1 fully saturated rings. The summed E-state index contributed by atoms with van der Waals surface area (Å²) in [6.45, 7) is 10.7. The Kier molecular flexibility index (Phi) is 6.33. The number of hydrogen-bond acceptors (Lipinski definition) is 4. The summed E-state index contributed by atoms with van der Waals surface area (Å²) in [7, 11) is 1.70. The minimum atomic E-state index is -0.0646. The SMILES string of the molecule is CCC(=O)CN1CCC(c2ccc3[nH]c(-c4cc(C)c(=O)n(C)n4)c(C(C)C)c3c2)CC1. The largest absolute Gasteiger partial charge is 0.353 e. The second-order valence-corrected chi connectivity index (χ2v) is 9.46. The Balaban J connectivity index is 1.67. The van der Waals surface area contributed by atoms with Gasteiger partial charge in [-0.1, -0.05) is 26.8 Å². The zero-order chi connectivity index (χ0) is 23.0. The first-order valence-corrected chi connectivity index (χ1v) is 11.7. The first kappa shape index (κ1) is 22.5. The minimum Gasteiger partial charge on any atom is -0.353 e. The molecule has 32 heavy (non-hydrogen) atoms. The van der Waals surface area contributed by atoms with Crippen LogP contribution >= 0.6 is 0 Å². The van der Waals surface area contributed by atoms with Gasteiger partial charge in [0.25, 0.3) is 5.56 Å². The number of nitrogens with zero attached hydrogens (tertiary/aromatic N) is 3. The van der Waals surface area contributed by atoms with Gasteiger partial charge in [-0.3, -0.25) is 14.5 Å². The molecule has 1 aromatic carbocycles. The van der Waals surface area contributed by atoms with Crippen LogP contribution in [0.5, 0.6) is 0 Å². The highest BCUT2D eigenvalue weighted by molar-refractivity contribution is 5.91. The van der Waals surface area contributed by atoms with Gasteiger partial charge in [0.05, 0.1) is 12.2 Å². The number of fused-ring (bicyclic) bond motifs is 1. The third kappa shape index (κ3) is 4.29. The Bertz CT molecular complexity index is 1170. The minimum absolute atomic E-state index is 0.0646. The maximum Gasteiger partial charge on any atom is 0.269 e. The summed E-state index contributed by atoms with van der Waals surface area (Å²) in [5, 5.41) is 5.77. The molecule has 1 aliphatic heterocycles. The number of nitrogens with one attached hydrogen (secondary N) is 1. The molecule has 0 bridgehead atoms. The Morgan fingerprint density at radius 3 is 2.56 bits per heavy atom. The van der Waals surface area contributed by atoms with Crippen LogP contribution in [0.3, 0.4) is 0 Å². The normalized spacial score (nSPS) is 15.7. The topological polar surface area (TPSA) is 71.0 Å². The van der Waals surface area contributed by atoms with Crippen molar-refractivity contribution in [1.82, 2.24) is 19.7 Å². The number of aromatic amines is 1. The fraction of sp³-hybridized carbons (Fsp3) is 0.500. The molecule has 0 atom stereocenters. The molecule has 6 heteroatoms. The molecule has 0 spiro atoms. The van der Waals surface area contributed by atoms with Crippen molar-refractivity contribution in [1.29, 1.82) is 0 Å². The first-order valence-electron chi connectivity index (χ1n) is 11.7. The van der Waals surface area contributed by atoms with Crippen molar-refractivity contribution in [2.75, 3.05) is 19.6 Å². The number of likely N-dealkylation sites (tertiary alicyclic amines) is 1. The molecule has 1 aliphatic rings. The molecule has 1 N–H and O–H groups in total. The molecule has 1 saturated heterocycles. The lowest BCUT2D eigenvalue weighted by Crippen LogP contribution is -2.36. The van der Waals surface area contributed by atoms with E-state index in [0.717, 1.165) is 42.8 Å². The lowest BCUT2D eigenvalue weighted by molar-refractivity contribution is -0.120. The van der Waals surface area contributed by atoms with Crippen LogP contribution in [0.25, 0.3) is 22.3 Å². The van der Waals surface area contributed by atoms with Crippen LogP contribution in [0.1, 0.15) is 68.6 Å². The van der Waals surface area contributed by atoms with Crippen LogP contribution < -0.4 is 5.56 Å². The molecular formula is C26H34N4O2. The quantitative estimate of drug-likeness (QED) is 0.619. The third-order valence-corrected chi connectivity index (χ3v) is 6.79. The predicted octanol–water partition coefficient (Wildman–Crippen LogP) is 4.52. The number of carbonyl (C=O) groups excluding carboxylic acids is 1. The van der Waals surface area contributed by atoms with Gasteiger partial charge in [-0.25, -0.2) is 4.68 Å². The van der Waals surface area contributed by atoms with E-state index in [2.05, 4.69) is 47.0 Å². The van der Waals surface area contributed by atoms with E-state index in [1.807, 2.05) is 19.9 Å². The lowest BCUT2D eigenvalue weighted by Gasteiger charge is -2.31. The summed E-state index contributed by atoms with van der Waals surface area (Å²) in [4.78, 5) is 29.8. The molecular weight excluding hydrogens is 400 g/mol. The van der Waals surface area contributed by atoms with Gasteiger partial charge in [0.2, 0.25) is 0 Å². The Morgan fingerprint density at radius 2 is 1.94 bits per heavy atom. The number of aryl methyl sites for hydroxylation is 2. The number of Topliss-reactive ketones (excluding diaryl/α,β-unsaturated/α-hetero) is 1. The van der Waals surface area contributed by atoms with Crippen molar-refractivity contribution >= 4 is 16.7 Å². The molecule has 0 radical (unpaired) electrons. The number of hydrogen-bond donors (Lipinski definition) is 1. The van der Waals surface area contributed by atoms with E-state index in [1.165, 1.54) is 21.2 Å². The van der Waals surface area contributed by atoms with Crippen LogP contribution in [0, 0.1) is 6.92 Å². The van der Waals surface area contributed by atoms with Gasteiger partial charge in [-0.2, -0.15) is 5.10 Å². The van der Waals surface area contributed by atoms with Gasteiger partial charge < -0.3 is 4.98 Å². The van der Waals surface area contributed by atoms with Gasteiger partial charge in [0, 0.05) is 29.9 Å². The van der Waals surface area contributed by atoms with Crippen molar-refractivity contribution in [2.24, 2.45) is 7.05 Å². The molecule has 0 amide bonds. The number of H-pyrrole nitrogens is 1. The Labute approximate surface area is 189 Å². The lowest BCUT2D eigenvalue weighted by atomic mass is 9.87. The summed E-state index contributed by atoms with van der Waals surface area (Å²) < 4.78 is 1.42. The highest BCUT2D eigenvalue weighted by atomic mass is 16.1. The van der Waals surface area contributed by atoms with E-state index >= 15 is 0 Å². The van der Waals surface area contributed by atoms with Crippen molar-refractivity contribution in [3.05, 3.63) is 51.3 Å². The monoisotopic (exact) mass is 434 g/mol. The second-order valence-electron chi connectivity index (χ2n) is 9.46. The van der Waals surface area contributed by atoms with Gasteiger partial charge in [-0.15, -0.1) is 0 Å². The van der Waals surface area contributed by atoms with Gasteiger partial charge >= 0.3 is 0 Å². The van der Waals surface area contributed by atoms with E-state index in [1.54, 1.807) is 7.05 Å². The van der Waals surface area contributed by atoms with E-state index in [0.29, 0.717) is 36.1 Å². The zero-order valence-corrected chi connectivity index (χ0v) is 19.9. The Morgan fingerprint density at radius 1 is 1.22 bits per heavy atom. The molecule has 0 unspecified atom stereocenters. The number of aromatic nitrogens is 3. The van der Waals surface area contributed by atoms with Crippen molar-refractivity contribution < 1.29 is 4.79 Å². The average molecular weight is 435 g/mol. The summed E-state index contributed by atoms with van der Waals surface area (Å²) in [6, 6.07) is 8.65. The average Bonchev–Trinajstić information content (AvgIpc) is 3.16. The summed E-state index contributed by atoms with van der Waals surface area (Å²) in [5.74, 6) is 1.16. The molecule has 2 aromatic heterocycles. The van der Waals surface area contributed by atoms with Gasteiger partial charge in [-0.05, 0) is 74.0 Å². The zero-order valence-electron chi connectivity index (χ0n) is 19.9. The first-order chi connectivity index (χ1) is 15.3. The number of piperidine rings is 1. The van der Waals surface area contributed by atoms with Crippen molar-refractivity contribution in [3.63, 3.8) is 0 Å². The summed E-state index contributed by atoms with van der Waals surface area (Å²) in [5.41, 5.74) is 6.16. The molecule has 0 saturated carbocycles. The van der Waals surface area contributed by atoms with E-state index in [-0.39, 0.29) is 5.56 Å². The van der Waals surface area contributed by atoms with Crippen molar-refractivity contribution in [2.45, 2.75) is 58.8 Å².